The summed E-state index contributed by atoms with van der Waals surface area (Å²) in [4.78, 5) is 36.1. The van der Waals surface area contributed by atoms with E-state index in [1.807, 2.05) is 0 Å². The highest BCUT2D eigenvalue weighted by Crippen LogP contribution is 2.43. The van der Waals surface area contributed by atoms with Crippen LogP contribution in [0.5, 0.6) is 0 Å². The molecule has 1 aromatic carbocycles. The number of hydrogen-bond donors (Lipinski definition) is 1. The average molecular weight is 417 g/mol. The zero-order valence-electron chi connectivity index (χ0n) is 16.0. The summed E-state index contributed by atoms with van der Waals surface area (Å²) in [6, 6.07) is 6.19. The van der Waals surface area contributed by atoms with Crippen molar-refractivity contribution in [1.82, 2.24) is 5.32 Å². The second kappa shape index (κ2) is 10.6. The smallest absolute Gasteiger partial charge is 0.432 e. The molecule has 0 aliphatic heterocycles. The van der Waals surface area contributed by atoms with Gasteiger partial charge in [0.1, 0.15) is 6.10 Å². The largest absolute Gasteiger partial charge is 0.469 e. The van der Waals surface area contributed by atoms with E-state index < -0.39 is 54.1 Å². The summed E-state index contributed by atoms with van der Waals surface area (Å²) in [7, 11) is 1.77. The Bertz CT molecular complexity index is 722. The van der Waals surface area contributed by atoms with Gasteiger partial charge in [-0.15, -0.1) is 6.58 Å². The molecule has 10 heteroatoms. The summed E-state index contributed by atoms with van der Waals surface area (Å²) in [5, 5.41) is 2.39. The molecule has 0 aromatic heterocycles. The number of rotatable bonds is 10. The summed E-state index contributed by atoms with van der Waals surface area (Å²) in [5.74, 6) is -3.32. The number of ether oxygens (including phenoxy) is 3. The van der Waals surface area contributed by atoms with E-state index in [0.29, 0.717) is 7.11 Å². The van der Waals surface area contributed by atoms with Crippen LogP contribution < -0.4 is 5.32 Å². The van der Waals surface area contributed by atoms with Gasteiger partial charge < -0.3 is 19.5 Å². The lowest BCUT2D eigenvalue weighted by Crippen LogP contribution is -2.52. The van der Waals surface area contributed by atoms with Gasteiger partial charge in [0, 0.05) is 19.2 Å². The maximum atomic E-state index is 13.9. The molecule has 0 aliphatic carbocycles. The molecule has 0 aliphatic rings. The fourth-order valence-corrected chi connectivity index (χ4v) is 2.51. The zero-order chi connectivity index (χ0) is 22.1. The van der Waals surface area contributed by atoms with Gasteiger partial charge in [-0.2, -0.15) is 13.2 Å². The molecule has 0 unspecified atom stereocenters. The molecule has 0 radical (unpaired) electrons. The third-order valence-corrected chi connectivity index (χ3v) is 3.93. The number of amides is 1. The summed E-state index contributed by atoms with van der Waals surface area (Å²) in [5.41, 5.74) is -3.94. The van der Waals surface area contributed by atoms with E-state index in [0.717, 1.165) is 19.2 Å². The van der Waals surface area contributed by atoms with Gasteiger partial charge >= 0.3 is 18.1 Å². The van der Waals surface area contributed by atoms with Gasteiger partial charge in [-0.05, 0) is 0 Å². The molecule has 2 atom stereocenters. The van der Waals surface area contributed by atoms with Crippen molar-refractivity contribution >= 4 is 17.8 Å². The Hall–Kier alpha value is -2.88. The van der Waals surface area contributed by atoms with E-state index in [4.69, 9.17) is 4.74 Å². The van der Waals surface area contributed by atoms with Crippen LogP contribution in [0.1, 0.15) is 18.4 Å². The van der Waals surface area contributed by atoms with Gasteiger partial charge in [-0.3, -0.25) is 9.59 Å². The molecule has 7 nitrogen and oxygen atoms in total. The van der Waals surface area contributed by atoms with E-state index in [9.17, 15) is 27.6 Å². The van der Waals surface area contributed by atoms with Crippen molar-refractivity contribution in [3.8, 4) is 0 Å². The molecule has 1 rings (SSSR count). The molecule has 1 aromatic rings. The van der Waals surface area contributed by atoms with E-state index in [1.54, 1.807) is 0 Å². The van der Waals surface area contributed by atoms with Crippen LogP contribution in [0.3, 0.4) is 0 Å². The minimum absolute atomic E-state index is 0.0896. The number of benzene rings is 1. The second-order valence-corrected chi connectivity index (χ2v) is 5.85. The van der Waals surface area contributed by atoms with Crippen LogP contribution in [0.15, 0.2) is 43.0 Å². The molecule has 0 heterocycles. The monoisotopic (exact) mass is 417 g/mol. The quantitative estimate of drug-likeness (QED) is 0.464. The third kappa shape index (κ3) is 6.05. The highest BCUT2D eigenvalue weighted by atomic mass is 19.4. The normalized spacial score (nSPS) is 14.2. The maximum Gasteiger partial charge on any atom is 0.432 e. The van der Waals surface area contributed by atoms with E-state index in [1.165, 1.54) is 24.3 Å². The summed E-state index contributed by atoms with van der Waals surface area (Å²) < 4.78 is 55.8. The maximum absolute atomic E-state index is 13.9. The Morgan fingerprint density at radius 3 is 2.24 bits per heavy atom. The Kier molecular flexibility index (Phi) is 8.84. The molecule has 1 N–H and O–H groups in total. The molecule has 0 fully saturated rings. The number of esters is 2. The fourth-order valence-electron chi connectivity index (χ4n) is 2.51. The highest BCUT2D eigenvalue weighted by molar-refractivity contribution is 5.84. The van der Waals surface area contributed by atoms with Crippen LogP contribution in [-0.2, 0) is 34.2 Å². The lowest BCUT2D eigenvalue weighted by Gasteiger charge is -2.33. The number of nitrogens with one attached hydrogen (secondary N) is 1. The van der Waals surface area contributed by atoms with Crippen molar-refractivity contribution in [1.29, 1.82) is 0 Å². The minimum atomic E-state index is -5.18. The van der Waals surface area contributed by atoms with Crippen LogP contribution in [0.25, 0.3) is 0 Å². The molecule has 1 amide bonds. The van der Waals surface area contributed by atoms with E-state index >= 15 is 0 Å². The molecule has 0 bridgehead atoms. The number of hydrogen-bond acceptors (Lipinski definition) is 6. The van der Waals surface area contributed by atoms with Gasteiger partial charge in [-0.25, -0.2) is 4.79 Å². The van der Waals surface area contributed by atoms with Crippen molar-refractivity contribution in [2.24, 2.45) is 0 Å². The molecular formula is C19H22F3NO6. The topological polar surface area (TPSA) is 90.9 Å². The number of methoxy groups -OCH3 is 2. The molecular weight excluding hydrogens is 395 g/mol. The molecule has 0 saturated carbocycles. The Balaban J connectivity index is 3.22. The first-order valence-corrected chi connectivity index (χ1v) is 8.45. The standard InChI is InChI=1S/C19H22F3NO6/c1-4-10-23-15(24)11-14(12-16(25)27-2)29-17(26)18(28-3,19(20,21)22)13-8-6-5-7-9-13/h4-9,14H,1,10-12H2,2-3H3,(H,23,24)/t14-,18+/m0/s1. The number of carbonyl (C=O) groups is 3. The van der Waals surface area contributed by atoms with E-state index in [-0.39, 0.29) is 6.54 Å². The molecule has 160 valence electrons. The van der Waals surface area contributed by atoms with Gasteiger partial charge in [0.25, 0.3) is 5.60 Å². The predicted octanol–water partition coefficient (Wildman–Crippen LogP) is 2.26. The Labute approximate surface area is 165 Å². The van der Waals surface area contributed by atoms with E-state index in [2.05, 4.69) is 21.4 Å². The highest BCUT2D eigenvalue weighted by Gasteiger charge is 2.64. The SMILES string of the molecule is C=CCNC(=O)C[C@@H](CC(=O)OC)OC(=O)[C@](OC)(c1ccccc1)C(F)(F)F. The van der Waals surface area contributed by atoms with Crippen LogP contribution in [0.4, 0.5) is 13.2 Å². The van der Waals surface area contributed by atoms with Crippen molar-refractivity contribution in [3.05, 3.63) is 48.6 Å². The summed E-state index contributed by atoms with van der Waals surface area (Å²) in [6.45, 7) is 3.50. The van der Waals surface area contributed by atoms with Crippen molar-refractivity contribution in [3.63, 3.8) is 0 Å². The number of halogens is 3. The molecule has 29 heavy (non-hydrogen) atoms. The second-order valence-electron chi connectivity index (χ2n) is 5.85. The number of carbonyl (C=O) groups excluding carboxylic acids is 3. The Morgan fingerprint density at radius 1 is 1.14 bits per heavy atom. The average Bonchev–Trinajstić information content (AvgIpc) is 2.66. The lowest BCUT2D eigenvalue weighted by molar-refractivity contribution is -0.278. The van der Waals surface area contributed by atoms with Crippen LogP contribution in [0.2, 0.25) is 0 Å². The minimum Gasteiger partial charge on any atom is -0.469 e. The van der Waals surface area contributed by atoms with Crippen molar-refractivity contribution in [2.75, 3.05) is 20.8 Å². The summed E-state index contributed by atoms with van der Waals surface area (Å²) in [6.07, 6.45) is -6.47. The summed E-state index contributed by atoms with van der Waals surface area (Å²) >= 11 is 0. The first-order chi connectivity index (χ1) is 13.6. The van der Waals surface area contributed by atoms with Crippen LogP contribution in [0, 0.1) is 0 Å². The fraction of sp³-hybridized carbons (Fsp3) is 0.421. The Morgan fingerprint density at radius 2 is 1.76 bits per heavy atom. The van der Waals surface area contributed by atoms with Gasteiger partial charge in [-0.1, -0.05) is 36.4 Å². The lowest BCUT2D eigenvalue weighted by atomic mass is 9.92. The zero-order valence-corrected chi connectivity index (χ0v) is 16.0. The molecule has 0 spiro atoms. The first-order valence-electron chi connectivity index (χ1n) is 8.45. The van der Waals surface area contributed by atoms with Gasteiger partial charge in [0.2, 0.25) is 5.91 Å². The van der Waals surface area contributed by atoms with Crippen LogP contribution in [-0.4, -0.2) is 50.9 Å². The van der Waals surface area contributed by atoms with Gasteiger partial charge in [0.05, 0.1) is 20.0 Å². The van der Waals surface area contributed by atoms with Crippen molar-refractivity contribution < 1.29 is 41.8 Å². The van der Waals surface area contributed by atoms with Crippen molar-refractivity contribution in [2.45, 2.75) is 30.7 Å². The predicted molar refractivity (Wildman–Crippen MR) is 95.5 cm³/mol. The molecule has 0 saturated heterocycles. The number of alkyl halides is 3. The third-order valence-electron chi connectivity index (χ3n) is 3.93. The van der Waals surface area contributed by atoms with Crippen LogP contribution >= 0.6 is 0 Å². The van der Waals surface area contributed by atoms with Gasteiger partial charge in [0.15, 0.2) is 0 Å². The first kappa shape index (κ1) is 24.2.